The van der Waals surface area contributed by atoms with Crippen LogP contribution in [0.5, 0.6) is 0 Å². The number of ether oxygens (including phenoxy) is 1. The molecule has 0 aliphatic rings. The summed E-state index contributed by atoms with van der Waals surface area (Å²) in [6.45, 7) is 3.62. The summed E-state index contributed by atoms with van der Waals surface area (Å²) in [6.07, 6.45) is 0.142. The van der Waals surface area contributed by atoms with E-state index in [9.17, 15) is 9.18 Å². The Balaban J connectivity index is 3.02. The monoisotopic (exact) mass is 239 g/mol. The molecular formula is C13H18FNO2. The number of rotatable bonds is 4. The molecule has 1 atom stereocenters. The highest BCUT2D eigenvalue weighted by Crippen LogP contribution is 2.30. The third-order valence-electron chi connectivity index (χ3n) is 2.75. The predicted octanol–water partition coefficient (Wildman–Crippen LogP) is 2.21. The third kappa shape index (κ3) is 3.82. The topological polar surface area (TPSA) is 52.3 Å². The van der Waals surface area contributed by atoms with Crippen LogP contribution >= 0.6 is 0 Å². The highest BCUT2D eigenvalue weighted by Gasteiger charge is 2.29. The maximum absolute atomic E-state index is 13.2. The van der Waals surface area contributed by atoms with Gasteiger partial charge in [-0.1, -0.05) is 12.1 Å². The standard InChI is InChI=1S/C13H18FNO2/c1-13(2,15)11(8-12(16)17-3)9-5-4-6-10(14)7-9/h4-7,11H,8,15H2,1-3H3. The molecule has 0 aliphatic heterocycles. The van der Waals surface area contributed by atoms with Gasteiger partial charge in [-0.2, -0.15) is 0 Å². The fraction of sp³-hybridized carbons (Fsp3) is 0.462. The molecule has 4 heteroatoms. The van der Waals surface area contributed by atoms with Crippen LogP contribution in [0.1, 0.15) is 31.7 Å². The van der Waals surface area contributed by atoms with Gasteiger partial charge in [-0.05, 0) is 31.5 Å². The molecule has 0 amide bonds. The molecule has 0 spiro atoms. The van der Waals surface area contributed by atoms with E-state index in [-0.39, 0.29) is 24.1 Å². The third-order valence-corrected chi connectivity index (χ3v) is 2.75. The molecule has 0 aliphatic carbocycles. The fourth-order valence-corrected chi connectivity index (χ4v) is 1.78. The zero-order chi connectivity index (χ0) is 13.1. The van der Waals surface area contributed by atoms with Gasteiger partial charge in [0, 0.05) is 11.5 Å². The molecule has 1 aromatic carbocycles. The molecule has 0 fully saturated rings. The molecule has 0 radical (unpaired) electrons. The van der Waals surface area contributed by atoms with Crippen LogP contribution in [0.4, 0.5) is 4.39 Å². The number of hydrogen-bond acceptors (Lipinski definition) is 3. The second-order valence-corrected chi connectivity index (χ2v) is 4.71. The summed E-state index contributed by atoms with van der Waals surface area (Å²) in [6, 6.07) is 6.15. The largest absolute Gasteiger partial charge is 0.469 e. The molecule has 94 valence electrons. The summed E-state index contributed by atoms with van der Waals surface area (Å²) in [5.74, 6) is -0.954. The average molecular weight is 239 g/mol. The lowest BCUT2D eigenvalue weighted by Gasteiger charge is -2.30. The van der Waals surface area contributed by atoms with Gasteiger partial charge in [0.2, 0.25) is 0 Å². The number of methoxy groups -OCH3 is 1. The number of esters is 1. The summed E-state index contributed by atoms with van der Waals surface area (Å²) < 4.78 is 17.8. The second-order valence-electron chi connectivity index (χ2n) is 4.71. The van der Waals surface area contributed by atoms with Crippen molar-refractivity contribution in [3.63, 3.8) is 0 Å². The average Bonchev–Trinajstić information content (AvgIpc) is 2.23. The minimum atomic E-state index is -0.623. The summed E-state index contributed by atoms with van der Waals surface area (Å²) >= 11 is 0. The van der Waals surface area contributed by atoms with Crippen molar-refractivity contribution in [1.82, 2.24) is 0 Å². The van der Waals surface area contributed by atoms with Crippen LogP contribution in [-0.4, -0.2) is 18.6 Å². The molecule has 0 saturated carbocycles. The smallest absolute Gasteiger partial charge is 0.306 e. The zero-order valence-electron chi connectivity index (χ0n) is 10.4. The van der Waals surface area contributed by atoms with Crippen molar-refractivity contribution in [3.8, 4) is 0 Å². The molecule has 1 rings (SSSR count). The van der Waals surface area contributed by atoms with Crippen LogP contribution in [0.15, 0.2) is 24.3 Å². The summed E-state index contributed by atoms with van der Waals surface area (Å²) in [4.78, 5) is 11.4. The first-order chi connectivity index (χ1) is 7.84. The number of carbonyl (C=O) groups excluding carboxylic acids is 1. The summed E-state index contributed by atoms with van der Waals surface area (Å²) in [5, 5.41) is 0. The van der Waals surface area contributed by atoms with E-state index in [0.717, 1.165) is 0 Å². The van der Waals surface area contributed by atoms with E-state index < -0.39 is 5.54 Å². The number of carbonyl (C=O) groups is 1. The minimum Gasteiger partial charge on any atom is -0.469 e. The van der Waals surface area contributed by atoms with Crippen molar-refractivity contribution < 1.29 is 13.9 Å². The Morgan fingerprint density at radius 3 is 2.65 bits per heavy atom. The number of nitrogens with two attached hydrogens (primary N) is 1. The second kappa shape index (κ2) is 5.27. The van der Waals surface area contributed by atoms with Crippen molar-refractivity contribution in [3.05, 3.63) is 35.6 Å². The summed E-state index contributed by atoms with van der Waals surface area (Å²) in [7, 11) is 1.33. The maximum Gasteiger partial charge on any atom is 0.306 e. The Kier molecular flexibility index (Phi) is 4.23. The Hall–Kier alpha value is -1.42. The highest BCUT2D eigenvalue weighted by atomic mass is 19.1. The number of halogens is 1. The van der Waals surface area contributed by atoms with E-state index >= 15 is 0 Å². The Labute approximate surface area is 101 Å². The highest BCUT2D eigenvalue weighted by molar-refractivity contribution is 5.70. The molecule has 1 unspecified atom stereocenters. The van der Waals surface area contributed by atoms with Crippen LogP contribution in [0.3, 0.4) is 0 Å². The molecule has 17 heavy (non-hydrogen) atoms. The van der Waals surface area contributed by atoms with Crippen LogP contribution < -0.4 is 5.73 Å². The Morgan fingerprint density at radius 1 is 1.53 bits per heavy atom. The van der Waals surface area contributed by atoms with E-state index in [1.807, 2.05) is 13.8 Å². The fourth-order valence-electron chi connectivity index (χ4n) is 1.78. The van der Waals surface area contributed by atoms with E-state index in [1.54, 1.807) is 12.1 Å². The predicted molar refractivity (Wildman–Crippen MR) is 64.0 cm³/mol. The van der Waals surface area contributed by atoms with Gasteiger partial charge >= 0.3 is 5.97 Å². The van der Waals surface area contributed by atoms with Gasteiger partial charge in [-0.15, -0.1) is 0 Å². The van der Waals surface area contributed by atoms with Gasteiger partial charge in [0.25, 0.3) is 0 Å². The Bertz CT molecular complexity index is 399. The van der Waals surface area contributed by atoms with E-state index in [2.05, 4.69) is 4.74 Å². The van der Waals surface area contributed by atoms with Crippen LogP contribution in [0.2, 0.25) is 0 Å². The number of hydrogen-bond donors (Lipinski definition) is 1. The maximum atomic E-state index is 13.2. The lowest BCUT2D eigenvalue weighted by Crippen LogP contribution is -2.40. The molecule has 0 heterocycles. The van der Waals surface area contributed by atoms with Crippen LogP contribution in [-0.2, 0) is 9.53 Å². The molecule has 0 saturated heterocycles. The van der Waals surface area contributed by atoms with Crippen molar-refractivity contribution in [2.75, 3.05) is 7.11 Å². The van der Waals surface area contributed by atoms with Gasteiger partial charge in [0.1, 0.15) is 5.82 Å². The zero-order valence-corrected chi connectivity index (χ0v) is 10.4. The normalized spacial score (nSPS) is 13.2. The van der Waals surface area contributed by atoms with Crippen molar-refractivity contribution in [2.45, 2.75) is 31.7 Å². The first-order valence-corrected chi connectivity index (χ1v) is 5.45. The van der Waals surface area contributed by atoms with Crippen molar-refractivity contribution in [1.29, 1.82) is 0 Å². The molecule has 3 nitrogen and oxygen atoms in total. The van der Waals surface area contributed by atoms with Gasteiger partial charge < -0.3 is 10.5 Å². The van der Waals surface area contributed by atoms with Gasteiger partial charge in [0.05, 0.1) is 13.5 Å². The van der Waals surface area contributed by atoms with E-state index in [4.69, 9.17) is 5.73 Å². The minimum absolute atomic E-state index is 0.142. The quantitative estimate of drug-likeness (QED) is 0.819. The molecule has 0 bridgehead atoms. The van der Waals surface area contributed by atoms with Crippen molar-refractivity contribution >= 4 is 5.97 Å². The lowest BCUT2D eigenvalue weighted by molar-refractivity contribution is -0.141. The lowest BCUT2D eigenvalue weighted by atomic mass is 9.80. The molecule has 1 aromatic rings. The van der Waals surface area contributed by atoms with Crippen LogP contribution in [0, 0.1) is 5.82 Å². The molecule has 2 N–H and O–H groups in total. The SMILES string of the molecule is COC(=O)CC(c1cccc(F)c1)C(C)(C)N. The van der Waals surface area contributed by atoms with Gasteiger partial charge in [-0.3, -0.25) is 4.79 Å². The van der Waals surface area contributed by atoms with Crippen LogP contribution in [0.25, 0.3) is 0 Å². The van der Waals surface area contributed by atoms with Crippen molar-refractivity contribution in [2.24, 2.45) is 5.73 Å². The Morgan fingerprint density at radius 2 is 2.18 bits per heavy atom. The first kappa shape index (κ1) is 13.6. The van der Waals surface area contributed by atoms with Gasteiger partial charge in [0.15, 0.2) is 0 Å². The molecular weight excluding hydrogens is 221 g/mol. The first-order valence-electron chi connectivity index (χ1n) is 5.45. The summed E-state index contributed by atoms with van der Waals surface area (Å²) in [5.41, 5.74) is 6.12. The van der Waals surface area contributed by atoms with E-state index in [1.165, 1.54) is 19.2 Å². The van der Waals surface area contributed by atoms with Gasteiger partial charge in [-0.25, -0.2) is 4.39 Å². The molecule has 0 aromatic heterocycles. The number of benzene rings is 1. The van der Waals surface area contributed by atoms with E-state index in [0.29, 0.717) is 5.56 Å².